The van der Waals surface area contributed by atoms with Crippen LogP contribution in [0.5, 0.6) is 0 Å². The fraction of sp³-hybridized carbons (Fsp3) is 0.900. The number of carbonyl (C=O) groups is 1. The van der Waals surface area contributed by atoms with Gasteiger partial charge in [0, 0.05) is 6.42 Å². The Kier molecular flexibility index (Phi) is 3.21. The molecule has 6 heteroatoms. The van der Waals surface area contributed by atoms with Crippen molar-refractivity contribution in [1.29, 1.82) is 0 Å². The first kappa shape index (κ1) is 11.9. The van der Waals surface area contributed by atoms with Crippen molar-refractivity contribution in [3.05, 3.63) is 0 Å². The quantitative estimate of drug-likeness (QED) is 0.756. The minimum absolute atomic E-state index is 0.195. The summed E-state index contributed by atoms with van der Waals surface area (Å²) >= 11 is 0. The van der Waals surface area contributed by atoms with Crippen molar-refractivity contribution < 1.29 is 17.9 Å². The van der Waals surface area contributed by atoms with E-state index in [1.54, 1.807) is 0 Å². The summed E-state index contributed by atoms with van der Waals surface area (Å²) in [5.74, 6) is 0.514. The third kappa shape index (κ3) is 2.74. The topological polar surface area (TPSA) is 72.5 Å². The number of hydrogen-bond donors (Lipinski definition) is 1. The second kappa shape index (κ2) is 4.33. The van der Waals surface area contributed by atoms with Gasteiger partial charge in [-0.1, -0.05) is 6.92 Å². The molecule has 1 aliphatic heterocycles. The van der Waals surface area contributed by atoms with E-state index in [2.05, 4.69) is 4.72 Å². The van der Waals surface area contributed by atoms with E-state index < -0.39 is 15.3 Å². The summed E-state index contributed by atoms with van der Waals surface area (Å²) in [4.78, 5) is 11.5. The molecule has 1 aliphatic carbocycles. The van der Waals surface area contributed by atoms with Crippen LogP contribution >= 0.6 is 0 Å². The molecule has 1 amide bonds. The van der Waals surface area contributed by atoms with E-state index in [-0.39, 0.29) is 25.0 Å². The Morgan fingerprint density at radius 3 is 2.50 bits per heavy atom. The molecule has 0 bridgehead atoms. The summed E-state index contributed by atoms with van der Waals surface area (Å²) in [5, 5.41) is -0.548. The summed E-state index contributed by atoms with van der Waals surface area (Å²) in [6.45, 7) is 2.39. The number of carbonyl (C=O) groups excluding carboxylic acids is 1. The van der Waals surface area contributed by atoms with Crippen LogP contribution in [-0.2, 0) is 19.6 Å². The lowest BCUT2D eigenvalue weighted by atomic mass is 10.0. The maximum atomic E-state index is 11.6. The number of hydrogen-bond acceptors (Lipinski definition) is 4. The van der Waals surface area contributed by atoms with Crippen LogP contribution in [0.1, 0.15) is 26.2 Å². The molecule has 1 atom stereocenters. The van der Waals surface area contributed by atoms with Gasteiger partial charge in [-0.05, 0) is 24.7 Å². The third-order valence-electron chi connectivity index (χ3n) is 3.24. The lowest BCUT2D eigenvalue weighted by Gasteiger charge is -2.25. The van der Waals surface area contributed by atoms with Gasteiger partial charge in [0.15, 0.2) is 0 Å². The van der Waals surface area contributed by atoms with Gasteiger partial charge in [-0.3, -0.25) is 9.52 Å². The predicted molar refractivity (Wildman–Crippen MR) is 58.2 cm³/mol. The third-order valence-corrected chi connectivity index (χ3v) is 4.90. The van der Waals surface area contributed by atoms with Gasteiger partial charge in [0.2, 0.25) is 15.9 Å². The Balaban J connectivity index is 1.81. The minimum atomic E-state index is -3.50. The molecule has 1 unspecified atom stereocenters. The van der Waals surface area contributed by atoms with Crippen molar-refractivity contribution in [2.24, 2.45) is 11.8 Å². The van der Waals surface area contributed by atoms with Crippen LogP contribution in [0.25, 0.3) is 0 Å². The van der Waals surface area contributed by atoms with Gasteiger partial charge in [0.25, 0.3) is 0 Å². The number of ether oxygens (including phenoxy) is 1. The van der Waals surface area contributed by atoms with Crippen LogP contribution < -0.4 is 4.72 Å². The molecule has 0 spiro atoms. The Labute approximate surface area is 95.6 Å². The molecule has 16 heavy (non-hydrogen) atoms. The van der Waals surface area contributed by atoms with Crippen molar-refractivity contribution >= 4 is 15.9 Å². The largest absolute Gasteiger partial charge is 0.378 e. The zero-order valence-electron chi connectivity index (χ0n) is 9.31. The Morgan fingerprint density at radius 2 is 2.06 bits per heavy atom. The van der Waals surface area contributed by atoms with Gasteiger partial charge in [0.05, 0.1) is 13.2 Å². The van der Waals surface area contributed by atoms with Gasteiger partial charge in [0.1, 0.15) is 5.25 Å². The highest BCUT2D eigenvalue weighted by Crippen LogP contribution is 2.38. The van der Waals surface area contributed by atoms with E-state index in [1.165, 1.54) is 0 Å². The zero-order chi connectivity index (χ0) is 11.8. The molecule has 1 heterocycles. The van der Waals surface area contributed by atoms with E-state index in [0.717, 1.165) is 12.8 Å². The van der Waals surface area contributed by atoms with Crippen LogP contribution in [0.15, 0.2) is 0 Å². The molecule has 5 nitrogen and oxygen atoms in total. The van der Waals surface area contributed by atoms with Crippen LogP contribution in [0.2, 0.25) is 0 Å². The van der Waals surface area contributed by atoms with Crippen molar-refractivity contribution in [1.82, 2.24) is 4.72 Å². The minimum Gasteiger partial charge on any atom is -0.378 e. The van der Waals surface area contributed by atoms with Crippen molar-refractivity contribution in [3.8, 4) is 0 Å². The van der Waals surface area contributed by atoms with E-state index in [0.29, 0.717) is 12.3 Å². The van der Waals surface area contributed by atoms with E-state index in [4.69, 9.17) is 4.74 Å². The smallest absolute Gasteiger partial charge is 0.242 e. The lowest BCUT2D eigenvalue weighted by molar-refractivity contribution is -0.120. The van der Waals surface area contributed by atoms with Gasteiger partial charge in [-0.2, -0.15) is 0 Å². The second-order valence-electron chi connectivity index (χ2n) is 4.75. The molecule has 92 valence electrons. The Bertz CT molecular complexity index is 370. The Morgan fingerprint density at radius 1 is 1.44 bits per heavy atom. The maximum absolute atomic E-state index is 11.6. The highest BCUT2D eigenvalue weighted by molar-refractivity contribution is 7.90. The van der Waals surface area contributed by atoms with E-state index >= 15 is 0 Å². The van der Waals surface area contributed by atoms with Crippen LogP contribution in [0.4, 0.5) is 0 Å². The maximum Gasteiger partial charge on any atom is 0.242 e. The van der Waals surface area contributed by atoms with Crippen molar-refractivity contribution in [3.63, 3.8) is 0 Å². The standard InChI is InChI=1S/C10H17NO4S/c1-7(8-2-3-8)4-10(12)11-16(13,14)9-5-15-6-9/h7-9H,2-6H2,1H3,(H,11,12). The Hall–Kier alpha value is -0.620. The molecule has 2 rings (SSSR count). The first-order chi connectivity index (χ1) is 7.49. The lowest BCUT2D eigenvalue weighted by Crippen LogP contribution is -2.48. The predicted octanol–water partition coefficient (Wildman–Crippen LogP) is 0.267. The van der Waals surface area contributed by atoms with Crippen LogP contribution in [0.3, 0.4) is 0 Å². The molecular formula is C10H17NO4S. The fourth-order valence-corrected chi connectivity index (χ4v) is 2.92. The van der Waals surface area contributed by atoms with Crippen molar-refractivity contribution in [2.75, 3.05) is 13.2 Å². The molecule has 0 aromatic carbocycles. The normalized spacial score (nSPS) is 23.6. The summed E-state index contributed by atoms with van der Waals surface area (Å²) in [6, 6.07) is 0. The highest BCUT2D eigenvalue weighted by atomic mass is 32.2. The molecule has 1 N–H and O–H groups in total. The van der Waals surface area contributed by atoms with Crippen LogP contribution in [0, 0.1) is 11.8 Å². The first-order valence-electron chi connectivity index (χ1n) is 5.61. The monoisotopic (exact) mass is 247 g/mol. The van der Waals surface area contributed by atoms with Gasteiger partial charge < -0.3 is 4.74 Å². The summed E-state index contributed by atoms with van der Waals surface area (Å²) in [5.41, 5.74) is 0. The molecule has 2 fully saturated rings. The van der Waals surface area contributed by atoms with Gasteiger partial charge in [-0.25, -0.2) is 8.42 Å². The molecule has 2 aliphatic rings. The SMILES string of the molecule is CC(CC(=O)NS(=O)(=O)C1COC1)C1CC1. The number of nitrogens with one attached hydrogen (secondary N) is 1. The van der Waals surface area contributed by atoms with Gasteiger partial charge >= 0.3 is 0 Å². The first-order valence-corrected chi connectivity index (χ1v) is 7.16. The average molecular weight is 247 g/mol. The molecule has 0 aromatic heterocycles. The summed E-state index contributed by atoms with van der Waals surface area (Å²) in [7, 11) is -3.50. The number of amides is 1. The van der Waals surface area contributed by atoms with Crippen molar-refractivity contribution in [2.45, 2.75) is 31.4 Å². The molecule has 0 aromatic rings. The number of rotatable bonds is 5. The fourth-order valence-electron chi connectivity index (χ4n) is 1.80. The highest BCUT2D eigenvalue weighted by Gasteiger charge is 2.35. The summed E-state index contributed by atoms with van der Waals surface area (Å²) < 4.78 is 30.1. The zero-order valence-corrected chi connectivity index (χ0v) is 10.1. The molecule has 0 radical (unpaired) electrons. The number of sulfonamides is 1. The van der Waals surface area contributed by atoms with Gasteiger partial charge in [-0.15, -0.1) is 0 Å². The molecule has 1 saturated heterocycles. The molecular weight excluding hydrogens is 230 g/mol. The second-order valence-corrected chi connectivity index (χ2v) is 6.71. The van der Waals surface area contributed by atoms with Crippen LogP contribution in [-0.4, -0.2) is 32.8 Å². The van der Waals surface area contributed by atoms with E-state index in [1.807, 2.05) is 6.92 Å². The average Bonchev–Trinajstić information content (AvgIpc) is 2.77. The summed E-state index contributed by atoms with van der Waals surface area (Å²) in [6.07, 6.45) is 2.63. The van der Waals surface area contributed by atoms with E-state index in [9.17, 15) is 13.2 Å². The molecule has 1 saturated carbocycles.